The van der Waals surface area contributed by atoms with E-state index in [9.17, 15) is 0 Å². The summed E-state index contributed by atoms with van der Waals surface area (Å²) in [4.78, 5) is 0. The van der Waals surface area contributed by atoms with Crippen LogP contribution < -0.4 is 0 Å². The summed E-state index contributed by atoms with van der Waals surface area (Å²) in [5.74, 6) is 0. The maximum Gasteiger partial charge on any atom is 0.0866 e. The largest absolute Gasteiger partial charge is 0.376 e. The highest BCUT2D eigenvalue weighted by Crippen LogP contribution is 2.20. The molecule has 0 aliphatic rings. The second-order valence-corrected chi connectivity index (χ2v) is 5.33. The van der Waals surface area contributed by atoms with E-state index in [4.69, 9.17) is 9.47 Å². The molecule has 0 radical (unpaired) electrons. The quantitative estimate of drug-likeness (QED) is 0.675. The molecule has 0 aliphatic heterocycles. The molecular weight excluding hydrogens is 164 g/mol. The molecule has 0 bridgehead atoms. The zero-order valence-electron chi connectivity index (χ0n) is 10.1. The molecule has 0 N–H and O–H groups in total. The molecule has 2 heteroatoms. The third-order valence-electron chi connectivity index (χ3n) is 1.35. The van der Waals surface area contributed by atoms with Crippen LogP contribution >= 0.6 is 0 Å². The third kappa shape index (κ3) is 8.26. The molecule has 0 heterocycles. The molecule has 0 saturated carbocycles. The van der Waals surface area contributed by atoms with Crippen molar-refractivity contribution in [2.24, 2.45) is 0 Å². The van der Waals surface area contributed by atoms with Gasteiger partial charge in [0, 0.05) is 0 Å². The Kier molecular flexibility index (Phi) is 4.40. The number of hydrogen-bond acceptors (Lipinski definition) is 2. The van der Waals surface area contributed by atoms with Crippen molar-refractivity contribution in [2.75, 3.05) is 6.61 Å². The van der Waals surface area contributed by atoms with Crippen LogP contribution in [0.5, 0.6) is 0 Å². The summed E-state index contributed by atoms with van der Waals surface area (Å²) in [6, 6.07) is 0. The van der Waals surface area contributed by atoms with Gasteiger partial charge in [0.25, 0.3) is 0 Å². The van der Waals surface area contributed by atoms with E-state index in [2.05, 4.69) is 34.6 Å². The first kappa shape index (κ1) is 12.9. The predicted molar refractivity (Wildman–Crippen MR) is 56.0 cm³/mol. The van der Waals surface area contributed by atoms with Crippen molar-refractivity contribution in [2.45, 2.75) is 65.8 Å². The Morgan fingerprint density at radius 3 is 1.77 bits per heavy atom. The summed E-state index contributed by atoms with van der Waals surface area (Å²) >= 11 is 0. The first-order valence-corrected chi connectivity index (χ1v) is 4.94. The monoisotopic (exact) mass is 188 g/mol. The normalized spacial score (nSPS) is 13.8. The average molecular weight is 188 g/mol. The van der Waals surface area contributed by atoms with Gasteiger partial charge in [0.05, 0.1) is 23.9 Å². The Balaban J connectivity index is 3.94. The standard InChI is InChI=1S/C11H24O2/c1-9(2)12-8-11(6,7)13-10(3,4)5/h9H,8H2,1-7H3. The van der Waals surface area contributed by atoms with Crippen molar-refractivity contribution < 1.29 is 9.47 Å². The summed E-state index contributed by atoms with van der Waals surface area (Å²) in [5, 5.41) is 0. The lowest BCUT2D eigenvalue weighted by atomic mass is 10.1. The van der Waals surface area contributed by atoms with Gasteiger partial charge in [-0.1, -0.05) is 0 Å². The van der Waals surface area contributed by atoms with Crippen LogP contribution in [-0.4, -0.2) is 23.9 Å². The molecule has 80 valence electrons. The van der Waals surface area contributed by atoms with Crippen LogP contribution in [-0.2, 0) is 9.47 Å². The van der Waals surface area contributed by atoms with Gasteiger partial charge in [0.15, 0.2) is 0 Å². The van der Waals surface area contributed by atoms with Gasteiger partial charge in [-0.3, -0.25) is 0 Å². The Morgan fingerprint density at radius 2 is 1.46 bits per heavy atom. The fraction of sp³-hybridized carbons (Fsp3) is 1.00. The lowest BCUT2D eigenvalue weighted by molar-refractivity contribution is -0.150. The Bertz CT molecular complexity index is 143. The molecule has 0 atom stereocenters. The molecule has 0 unspecified atom stereocenters. The van der Waals surface area contributed by atoms with Crippen LogP contribution in [0, 0.1) is 0 Å². The van der Waals surface area contributed by atoms with E-state index in [1.807, 2.05) is 13.8 Å². The van der Waals surface area contributed by atoms with E-state index in [0.29, 0.717) is 6.61 Å². The van der Waals surface area contributed by atoms with E-state index in [1.165, 1.54) is 0 Å². The summed E-state index contributed by atoms with van der Waals surface area (Å²) < 4.78 is 11.4. The maximum atomic E-state index is 5.85. The lowest BCUT2D eigenvalue weighted by Crippen LogP contribution is -2.39. The minimum atomic E-state index is -0.206. The molecule has 0 aromatic heterocycles. The Hall–Kier alpha value is -0.0800. The SMILES string of the molecule is CC(C)OCC(C)(C)OC(C)(C)C. The fourth-order valence-corrected chi connectivity index (χ4v) is 1.23. The van der Waals surface area contributed by atoms with Gasteiger partial charge >= 0.3 is 0 Å². The van der Waals surface area contributed by atoms with Gasteiger partial charge in [-0.15, -0.1) is 0 Å². The summed E-state index contributed by atoms with van der Waals surface area (Å²) in [6.45, 7) is 15.0. The van der Waals surface area contributed by atoms with E-state index in [0.717, 1.165) is 0 Å². The molecule has 0 rings (SSSR count). The second kappa shape index (κ2) is 4.43. The molecule has 2 nitrogen and oxygen atoms in total. The number of hydrogen-bond donors (Lipinski definition) is 0. The fourth-order valence-electron chi connectivity index (χ4n) is 1.23. The predicted octanol–water partition coefficient (Wildman–Crippen LogP) is 3.01. The van der Waals surface area contributed by atoms with Crippen molar-refractivity contribution in [3.05, 3.63) is 0 Å². The van der Waals surface area contributed by atoms with Crippen molar-refractivity contribution in [3.63, 3.8) is 0 Å². The van der Waals surface area contributed by atoms with Gasteiger partial charge in [0.2, 0.25) is 0 Å². The van der Waals surface area contributed by atoms with E-state index < -0.39 is 0 Å². The van der Waals surface area contributed by atoms with E-state index in [1.54, 1.807) is 0 Å². The van der Waals surface area contributed by atoms with Gasteiger partial charge in [0.1, 0.15) is 0 Å². The van der Waals surface area contributed by atoms with Crippen LogP contribution in [0.2, 0.25) is 0 Å². The van der Waals surface area contributed by atoms with Crippen LogP contribution in [0.15, 0.2) is 0 Å². The Morgan fingerprint density at radius 1 is 1.00 bits per heavy atom. The topological polar surface area (TPSA) is 18.5 Å². The summed E-state index contributed by atoms with van der Waals surface area (Å²) in [5.41, 5.74) is -0.313. The number of ether oxygens (including phenoxy) is 2. The van der Waals surface area contributed by atoms with Crippen LogP contribution in [0.4, 0.5) is 0 Å². The molecule has 0 spiro atoms. The molecule has 0 aromatic carbocycles. The molecule has 13 heavy (non-hydrogen) atoms. The minimum Gasteiger partial charge on any atom is -0.376 e. The molecule has 0 amide bonds. The van der Waals surface area contributed by atoms with Crippen molar-refractivity contribution in [3.8, 4) is 0 Å². The lowest BCUT2D eigenvalue weighted by Gasteiger charge is -2.34. The molecule has 0 aliphatic carbocycles. The molecule has 0 saturated heterocycles. The first-order chi connectivity index (χ1) is 5.62. The molecule has 0 fully saturated rings. The minimum absolute atomic E-state index is 0.107. The third-order valence-corrected chi connectivity index (χ3v) is 1.35. The zero-order chi connectivity index (χ0) is 10.7. The smallest absolute Gasteiger partial charge is 0.0866 e. The highest BCUT2D eigenvalue weighted by atomic mass is 16.6. The van der Waals surface area contributed by atoms with Crippen LogP contribution in [0.3, 0.4) is 0 Å². The summed E-state index contributed by atoms with van der Waals surface area (Å²) in [7, 11) is 0. The average Bonchev–Trinajstić information content (AvgIpc) is 1.78. The maximum absolute atomic E-state index is 5.85. The van der Waals surface area contributed by atoms with Crippen LogP contribution in [0.1, 0.15) is 48.5 Å². The van der Waals surface area contributed by atoms with Gasteiger partial charge < -0.3 is 9.47 Å². The highest BCUT2D eigenvalue weighted by Gasteiger charge is 2.26. The van der Waals surface area contributed by atoms with Crippen LogP contribution in [0.25, 0.3) is 0 Å². The molecule has 0 aromatic rings. The second-order valence-electron chi connectivity index (χ2n) is 5.33. The first-order valence-electron chi connectivity index (χ1n) is 4.94. The van der Waals surface area contributed by atoms with E-state index >= 15 is 0 Å². The highest BCUT2D eigenvalue weighted by molar-refractivity contribution is 4.73. The zero-order valence-corrected chi connectivity index (χ0v) is 10.1. The van der Waals surface area contributed by atoms with Crippen molar-refractivity contribution in [1.82, 2.24) is 0 Å². The van der Waals surface area contributed by atoms with Crippen molar-refractivity contribution >= 4 is 0 Å². The summed E-state index contributed by atoms with van der Waals surface area (Å²) in [6.07, 6.45) is 0.267. The van der Waals surface area contributed by atoms with Gasteiger partial charge in [-0.05, 0) is 48.5 Å². The molecular formula is C11H24O2. The van der Waals surface area contributed by atoms with Gasteiger partial charge in [-0.2, -0.15) is 0 Å². The van der Waals surface area contributed by atoms with E-state index in [-0.39, 0.29) is 17.3 Å². The van der Waals surface area contributed by atoms with Crippen molar-refractivity contribution in [1.29, 1.82) is 0 Å². The Labute approximate surface area is 82.6 Å². The van der Waals surface area contributed by atoms with Gasteiger partial charge in [-0.25, -0.2) is 0 Å². The number of rotatable bonds is 4.